The number of nitrogens with zero attached hydrogens (tertiary/aromatic N) is 2. The van der Waals surface area contributed by atoms with E-state index in [1.54, 1.807) is 0 Å². The molecule has 0 saturated carbocycles. The van der Waals surface area contributed by atoms with Gasteiger partial charge in [0.25, 0.3) is 0 Å². The summed E-state index contributed by atoms with van der Waals surface area (Å²) in [4.78, 5) is 6.71. The van der Waals surface area contributed by atoms with Crippen LogP contribution in [0.1, 0.15) is 5.56 Å². The molecule has 0 bridgehead atoms. The third-order valence-electron chi connectivity index (χ3n) is 2.87. The molecule has 18 heavy (non-hydrogen) atoms. The van der Waals surface area contributed by atoms with Gasteiger partial charge in [-0.15, -0.1) is 0 Å². The third-order valence-corrected chi connectivity index (χ3v) is 3.79. The topological polar surface area (TPSA) is 16.1 Å². The minimum absolute atomic E-state index is 0.615. The van der Waals surface area contributed by atoms with Gasteiger partial charge in [-0.2, -0.15) is 11.8 Å². The van der Waals surface area contributed by atoms with Crippen LogP contribution in [0.25, 0.3) is 10.9 Å². The molecule has 0 atom stereocenters. The molecule has 0 fully saturated rings. The fourth-order valence-corrected chi connectivity index (χ4v) is 2.56. The lowest BCUT2D eigenvalue weighted by Gasteiger charge is -2.16. The van der Waals surface area contributed by atoms with Gasteiger partial charge in [-0.05, 0) is 25.4 Å². The molecule has 0 spiro atoms. The molecule has 2 rings (SSSR count). The zero-order valence-corrected chi connectivity index (χ0v) is 12.3. The molecule has 96 valence electrons. The number of fused-ring (bicyclic) bond motifs is 1. The summed E-state index contributed by atoms with van der Waals surface area (Å²) in [7, 11) is 2.11. The highest BCUT2D eigenvalue weighted by atomic mass is 35.5. The monoisotopic (exact) mass is 280 g/mol. The van der Waals surface area contributed by atoms with Gasteiger partial charge in [0.1, 0.15) is 5.15 Å². The van der Waals surface area contributed by atoms with Crippen LogP contribution in [0.5, 0.6) is 0 Å². The van der Waals surface area contributed by atoms with Crippen molar-refractivity contribution >= 4 is 34.3 Å². The Labute approximate surface area is 117 Å². The number of halogens is 1. The minimum Gasteiger partial charge on any atom is -0.301 e. The first-order valence-corrected chi connectivity index (χ1v) is 7.69. The van der Waals surface area contributed by atoms with Crippen molar-refractivity contribution in [1.29, 1.82) is 0 Å². The Hall–Kier alpha value is -0.770. The zero-order chi connectivity index (χ0) is 13.0. The molecule has 0 radical (unpaired) electrons. The van der Waals surface area contributed by atoms with Gasteiger partial charge < -0.3 is 4.90 Å². The highest BCUT2D eigenvalue weighted by molar-refractivity contribution is 7.98. The lowest BCUT2D eigenvalue weighted by molar-refractivity contribution is 0.348. The molecule has 0 aliphatic heterocycles. The second-order valence-electron chi connectivity index (χ2n) is 4.36. The van der Waals surface area contributed by atoms with E-state index in [0.29, 0.717) is 5.15 Å². The van der Waals surface area contributed by atoms with E-state index in [4.69, 9.17) is 11.6 Å². The first kappa shape index (κ1) is 13.7. The molecule has 2 aromatic rings. The molecule has 1 aromatic heterocycles. The number of benzene rings is 1. The van der Waals surface area contributed by atoms with Crippen LogP contribution in [0.3, 0.4) is 0 Å². The summed E-state index contributed by atoms with van der Waals surface area (Å²) in [5.41, 5.74) is 2.05. The highest BCUT2D eigenvalue weighted by Crippen LogP contribution is 2.21. The van der Waals surface area contributed by atoms with Crippen LogP contribution in [0.15, 0.2) is 30.3 Å². The highest BCUT2D eigenvalue weighted by Gasteiger charge is 2.07. The largest absolute Gasteiger partial charge is 0.301 e. The van der Waals surface area contributed by atoms with Crippen LogP contribution in [-0.2, 0) is 6.54 Å². The van der Waals surface area contributed by atoms with E-state index in [9.17, 15) is 0 Å². The molecule has 4 heteroatoms. The smallest absolute Gasteiger partial charge is 0.134 e. The molecule has 0 aliphatic carbocycles. The van der Waals surface area contributed by atoms with Crippen molar-refractivity contribution < 1.29 is 0 Å². The minimum atomic E-state index is 0.615. The van der Waals surface area contributed by atoms with Crippen LogP contribution in [0, 0.1) is 0 Å². The van der Waals surface area contributed by atoms with Crippen molar-refractivity contribution in [3.05, 3.63) is 41.0 Å². The maximum Gasteiger partial charge on any atom is 0.134 e. The number of rotatable bonds is 5. The summed E-state index contributed by atoms with van der Waals surface area (Å²) >= 11 is 8.10. The maximum absolute atomic E-state index is 6.24. The van der Waals surface area contributed by atoms with Gasteiger partial charge in [0, 0.05) is 29.8 Å². The van der Waals surface area contributed by atoms with Crippen LogP contribution in [-0.4, -0.2) is 35.5 Å². The summed E-state index contributed by atoms with van der Waals surface area (Å²) < 4.78 is 0. The van der Waals surface area contributed by atoms with Crippen LogP contribution < -0.4 is 0 Å². The lowest BCUT2D eigenvalue weighted by atomic mass is 10.1. The molecule has 0 aliphatic rings. The average molecular weight is 281 g/mol. The van der Waals surface area contributed by atoms with Gasteiger partial charge in [0.05, 0.1) is 5.52 Å². The Morgan fingerprint density at radius 3 is 2.89 bits per heavy atom. The molecular weight excluding hydrogens is 264 g/mol. The van der Waals surface area contributed by atoms with E-state index in [1.807, 2.05) is 30.0 Å². The third kappa shape index (κ3) is 3.37. The fourth-order valence-electron chi connectivity index (χ4n) is 1.86. The standard InChI is InChI=1S/C14H17ClN2S/c1-17(7-8-18-2)10-12-9-11-5-3-4-6-13(11)16-14(12)15/h3-6,9H,7-8,10H2,1-2H3. The molecule has 0 unspecified atom stereocenters. The summed E-state index contributed by atoms with van der Waals surface area (Å²) in [5, 5.41) is 1.76. The van der Waals surface area contributed by atoms with Crippen LogP contribution in [0.4, 0.5) is 0 Å². The van der Waals surface area contributed by atoms with Crippen molar-refractivity contribution in [3.63, 3.8) is 0 Å². The summed E-state index contributed by atoms with van der Waals surface area (Å²) in [5.74, 6) is 1.13. The molecule has 1 aromatic carbocycles. The number of aromatic nitrogens is 1. The first-order chi connectivity index (χ1) is 8.70. The molecule has 0 saturated heterocycles. The zero-order valence-electron chi connectivity index (χ0n) is 10.7. The van der Waals surface area contributed by atoms with E-state index in [-0.39, 0.29) is 0 Å². The van der Waals surface area contributed by atoms with E-state index >= 15 is 0 Å². The van der Waals surface area contributed by atoms with Crippen molar-refractivity contribution in [2.45, 2.75) is 6.54 Å². The summed E-state index contributed by atoms with van der Waals surface area (Å²) in [6.45, 7) is 1.90. The van der Waals surface area contributed by atoms with Gasteiger partial charge in [-0.3, -0.25) is 0 Å². The number of hydrogen-bond donors (Lipinski definition) is 0. The van der Waals surface area contributed by atoms with Gasteiger partial charge in [0.15, 0.2) is 0 Å². The van der Waals surface area contributed by atoms with Gasteiger partial charge >= 0.3 is 0 Å². The fraction of sp³-hybridized carbons (Fsp3) is 0.357. The number of pyridine rings is 1. The van der Waals surface area contributed by atoms with Crippen molar-refractivity contribution in [1.82, 2.24) is 9.88 Å². The van der Waals surface area contributed by atoms with Crippen molar-refractivity contribution in [2.75, 3.05) is 25.6 Å². The normalized spacial score (nSPS) is 11.3. The Kier molecular flexibility index (Phi) is 4.87. The molecule has 0 amide bonds. The van der Waals surface area contributed by atoms with Gasteiger partial charge in [-0.1, -0.05) is 29.8 Å². The second kappa shape index (κ2) is 6.41. The predicted molar refractivity (Wildman–Crippen MR) is 81.5 cm³/mol. The Morgan fingerprint density at radius 1 is 1.33 bits per heavy atom. The Morgan fingerprint density at radius 2 is 2.11 bits per heavy atom. The van der Waals surface area contributed by atoms with E-state index < -0.39 is 0 Å². The second-order valence-corrected chi connectivity index (χ2v) is 5.71. The summed E-state index contributed by atoms with van der Waals surface area (Å²) in [6.07, 6.45) is 2.12. The first-order valence-electron chi connectivity index (χ1n) is 5.92. The number of thioether (sulfide) groups is 1. The Balaban J connectivity index is 2.19. The molecule has 2 nitrogen and oxygen atoms in total. The average Bonchev–Trinajstić information content (AvgIpc) is 2.37. The van der Waals surface area contributed by atoms with Gasteiger partial charge in [-0.25, -0.2) is 4.98 Å². The molecule has 1 heterocycles. The van der Waals surface area contributed by atoms with Crippen LogP contribution in [0.2, 0.25) is 5.15 Å². The van der Waals surface area contributed by atoms with E-state index in [1.165, 1.54) is 0 Å². The predicted octanol–water partition coefficient (Wildman–Crippen LogP) is 3.68. The quantitative estimate of drug-likeness (QED) is 0.777. The SMILES string of the molecule is CSCCN(C)Cc1cc2ccccc2nc1Cl. The summed E-state index contributed by atoms with van der Waals surface area (Å²) in [6, 6.07) is 10.2. The van der Waals surface area contributed by atoms with Crippen LogP contribution >= 0.6 is 23.4 Å². The lowest BCUT2D eigenvalue weighted by Crippen LogP contribution is -2.21. The number of hydrogen-bond acceptors (Lipinski definition) is 3. The van der Waals surface area contributed by atoms with Crippen molar-refractivity contribution in [3.8, 4) is 0 Å². The van der Waals surface area contributed by atoms with E-state index in [0.717, 1.165) is 35.3 Å². The van der Waals surface area contributed by atoms with E-state index in [2.05, 4.69) is 35.3 Å². The molecule has 0 N–H and O–H groups in total. The van der Waals surface area contributed by atoms with Crippen molar-refractivity contribution in [2.24, 2.45) is 0 Å². The Bertz CT molecular complexity index is 530. The number of para-hydroxylation sites is 1. The maximum atomic E-state index is 6.24. The van der Waals surface area contributed by atoms with Gasteiger partial charge in [0.2, 0.25) is 0 Å². The molecular formula is C14H17ClN2S.